The number of amides is 1. The van der Waals surface area contributed by atoms with Gasteiger partial charge in [-0.15, -0.1) is 10.2 Å². The van der Waals surface area contributed by atoms with Gasteiger partial charge in [-0.2, -0.15) is 0 Å². The van der Waals surface area contributed by atoms with E-state index in [1.54, 1.807) is 24.3 Å². The molecular formula is C24H17ClFN5OS. The van der Waals surface area contributed by atoms with Crippen LogP contribution < -0.4 is 5.32 Å². The third-order valence-electron chi connectivity index (χ3n) is 4.99. The molecule has 6 nitrogen and oxygen atoms in total. The summed E-state index contributed by atoms with van der Waals surface area (Å²) in [5, 5.41) is 13.7. The third-order valence-corrected chi connectivity index (χ3v) is 6.17. The Bertz CT molecular complexity index is 1450. The molecule has 164 valence electrons. The fourth-order valence-electron chi connectivity index (χ4n) is 3.51. The van der Waals surface area contributed by atoms with E-state index >= 15 is 0 Å². The number of thioether (sulfide) groups is 1. The van der Waals surface area contributed by atoms with Gasteiger partial charge in [0.1, 0.15) is 5.82 Å². The van der Waals surface area contributed by atoms with Gasteiger partial charge in [-0.25, -0.2) is 4.39 Å². The molecule has 1 amide bonds. The number of anilines is 1. The summed E-state index contributed by atoms with van der Waals surface area (Å²) in [4.78, 5) is 15.7. The summed E-state index contributed by atoms with van der Waals surface area (Å²) in [7, 11) is 0. The third kappa shape index (κ3) is 4.48. The highest BCUT2D eigenvalue weighted by atomic mass is 35.5. The molecule has 0 atom stereocenters. The van der Waals surface area contributed by atoms with Crippen LogP contribution in [0.2, 0.25) is 5.02 Å². The normalized spacial score (nSPS) is 11.1. The number of carbonyl (C=O) groups is 1. The summed E-state index contributed by atoms with van der Waals surface area (Å²) < 4.78 is 15.3. The van der Waals surface area contributed by atoms with Crippen molar-refractivity contribution in [2.45, 2.75) is 5.16 Å². The Hall–Kier alpha value is -3.62. The highest BCUT2D eigenvalue weighted by molar-refractivity contribution is 7.99. The molecule has 3 aromatic carbocycles. The molecule has 5 rings (SSSR count). The Morgan fingerprint density at radius 3 is 2.70 bits per heavy atom. The van der Waals surface area contributed by atoms with Gasteiger partial charge in [-0.05, 0) is 48.5 Å². The molecule has 0 spiro atoms. The lowest BCUT2D eigenvalue weighted by atomic mass is 10.1. The second-order valence-corrected chi connectivity index (χ2v) is 8.59. The van der Waals surface area contributed by atoms with Gasteiger partial charge in [0.15, 0.2) is 11.0 Å². The number of fused-ring (bicyclic) bond motifs is 1. The second-order valence-electron chi connectivity index (χ2n) is 7.21. The minimum Gasteiger partial charge on any atom is -0.360 e. The van der Waals surface area contributed by atoms with E-state index in [-0.39, 0.29) is 11.7 Å². The van der Waals surface area contributed by atoms with Gasteiger partial charge in [0.05, 0.1) is 5.75 Å². The molecule has 2 heterocycles. The monoisotopic (exact) mass is 477 g/mol. The van der Waals surface area contributed by atoms with Gasteiger partial charge in [-0.1, -0.05) is 47.6 Å². The first-order chi connectivity index (χ1) is 16.1. The molecule has 0 aliphatic rings. The molecule has 0 radical (unpaired) electrons. The summed E-state index contributed by atoms with van der Waals surface area (Å²) in [6.45, 7) is 0. The summed E-state index contributed by atoms with van der Waals surface area (Å²) in [6.07, 6.45) is 1.90. The van der Waals surface area contributed by atoms with Crippen molar-refractivity contribution >= 4 is 45.9 Å². The zero-order chi connectivity index (χ0) is 22.8. The molecule has 0 saturated heterocycles. The number of aromatic amines is 1. The van der Waals surface area contributed by atoms with E-state index in [9.17, 15) is 9.18 Å². The van der Waals surface area contributed by atoms with Crippen molar-refractivity contribution in [3.8, 4) is 17.1 Å². The van der Waals surface area contributed by atoms with Crippen LogP contribution in [0.5, 0.6) is 0 Å². The number of carbonyl (C=O) groups excluding carboxylic acids is 1. The lowest BCUT2D eigenvalue weighted by molar-refractivity contribution is -0.113. The number of halogens is 2. The Kier molecular flexibility index (Phi) is 5.85. The van der Waals surface area contributed by atoms with Crippen LogP contribution in [0.3, 0.4) is 0 Å². The first-order valence-corrected chi connectivity index (χ1v) is 11.4. The number of para-hydroxylation sites is 1. The zero-order valence-electron chi connectivity index (χ0n) is 17.1. The topological polar surface area (TPSA) is 75.6 Å². The van der Waals surface area contributed by atoms with Crippen LogP contribution in [0.1, 0.15) is 0 Å². The summed E-state index contributed by atoms with van der Waals surface area (Å²) in [5.41, 5.74) is 3.10. The van der Waals surface area contributed by atoms with Gasteiger partial charge < -0.3 is 10.3 Å². The Morgan fingerprint density at radius 1 is 1.06 bits per heavy atom. The number of nitrogens with one attached hydrogen (secondary N) is 2. The lowest BCUT2D eigenvalue weighted by Crippen LogP contribution is -2.14. The van der Waals surface area contributed by atoms with Crippen LogP contribution in [0.25, 0.3) is 28.0 Å². The maximum absolute atomic E-state index is 13.4. The maximum Gasteiger partial charge on any atom is 0.234 e. The van der Waals surface area contributed by atoms with E-state index in [1.807, 2.05) is 47.2 Å². The standard InChI is InChI=1S/C24H17ClFN5OS/c25-15-8-10-18(11-9-15)31-23(20-13-27-21-7-2-1-6-19(20)21)29-30-24(31)33-14-22(32)28-17-5-3-4-16(26)12-17/h1-13,27H,14H2,(H,28,32). The molecule has 0 bridgehead atoms. The van der Waals surface area contributed by atoms with Crippen LogP contribution >= 0.6 is 23.4 Å². The molecular weight excluding hydrogens is 461 g/mol. The van der Waals surface area contributed by atoms with E-state index in [2.05, 4.69) is 20.5 Å². The smallest absolute Gasteiger partial charge is 0.234 e. The van der Waals surface area contributed by atoms with Gasteiger partial charge in [0.2, 0.25) is 5.91 Å². The van der Waals surface area contributed by atoms with Crippen molar-refractivity contribution in [2.75, 3.05) is 11.1 Å². The average Bonchev–Trinajstić information content (AvgIpc) is 3.42. The number of hydrogen-bond donors (Lipinski definition) is 2. The largest absolute Gasteiger partial charge is 0.360 e. The lowest BCUT2D eigenvalue weighted by Gasteiger charge is -2.10. The number of nitrogens with zero attached hydrogens (tertiary/aromatic N) is 3. The minimum atomic E-state index is -0.411. The van der Waals surface area contributed by atoms with Crippen LogP contribution in [-0.2, 0) is 4.79 Å². The summed E-state index contributed by atoms with van der Waals surface area (Å²) in [5.74, 6) is 0.0369. The van der Waals surface area contributed by atoms with E-state index in [0.29, 0.717) is 21.7 Å². The van der Waals surface area contributed by atoms with Gasteiger partial charge >= 0.3 is 0 Å². The fourth-order valence-corrected chi connectivity index (χ4v) is 4.39. The molecule has 0 fully saturated rings. The molecule has 0 aliphatic heterocycles. The van der Waals surface area contributed by atoms with Gasteiger partial charge in [-0.3, -0.25) is 9.36 Å². The van der Waals surface area contributed by atoms with Crippen molar-refractivity contribution in [3.63, 3.8) is 0 Å². The molecule has 0 aliphatic carbocycles. The predicted octanol–water partition coefficient (Wildman–Crippen LogP) is 5.94. The van der Waals surface area contributed by atoms with Crippen LogP contribution in [0, 0.1) is 5.82 Å². The first-order valence-electron chi connectivity index (χ1n) is 10.0. The zero-order valence-corrected chi connectivity index (χ0v) is 18.7. The quantitative estimate of drug-likeness (QED) is 0.297. The molecule has 0 unspecified atom stereocenters. The maximum atomic E-state index is 13.4. The van der Waals surface area contributed by atoms with Crippen molar-refractivity contribution < 1.29 is 9.18 Å². The second kappa shape index (κ2) is 9.09. The van der Waals surface area contributed by atoms with Crippen LogP contribution in [0.15, 0.2) is 84.1 Å². The van der Waals surface area contributed by atoms with Crippen LogP contribution in [-0.4, -0.2) is 31.4 Å². The summed E-state index contributed by atoms with van der Waals surface area (Å²) in [6, 6.07) is 21.1. The Balaban J connectivity index is 1.47. The number of hydrogen-bond acceptors (Lipinski definition) is 4. The first kappa shape index (κ1) is 21.2. The molecule has 2 N–H and O–H groups in total. The predicted molar refractivity (Wildman–Crippen MR) is 129 cm³/mol. The van der Waals surface area contributed by atoms with E-state index < -0.39 is 5.82 Å². The van der Waals surface area contributed by atoms with E-state index in [0.717, 1.165) is 22.2 Å². The minimum absolute atomic E-state index is 0.0795. The number of H-pyrrole nitrogens is 1. The SMILES string of the molecule is O=C(CSc1nnc(-c2c[nH]c3ccccc23)n1-c1ccc(Cl)cc1)Nc1cccc(F)c1. The molecule has 2 aromatic heterocycles. The van der Waals surface area contributed by atoms with Crippen molar-refractivity contribution in [2.24, 2.45) is 0 Å². The number of aromatic nitrogens is 4. The molecule has 0 saturated carbocycles. The molecule has 9 heteroatoms. The summed E-state index contributed by atoms with van der Waals surface area (Å²) >= 11 is 7.33. The molecule has 5 aromatic rings. The Labute approximate surface area is 197 Å². The average molecular weight is 478 g/mol. The molecule has 33 heavy (non-hydrogen) atoms. The fraction of sp³-hybridized carbons (Fsp3) is 0.0417. The van der Waals surface area contributed by atoms with Crippen molar-refractivity contribution in [3.05, 3.63) is 89.8 Å². The van der Waals surface area contributed by atoms with Gasteiger partial charge in [0, 0.05) is 39.1 Å². The van der Waals surface area contributed by atoms with Crippen molar-refractivity contribution in [1.29, 1.82) is 0 Å². The number of rotatable bonds is 6. The highest BCUT2D eigenvalue weighted by Crippen LogP contribution is 2.32. The number of benzene rings is 3. The highest BCUT2D eigenvalue weighted by Gasteiger charge is 2.19. The van der Waals surface area contributed by atoms with Crippen molar-refractivity contribution in [1.82, 2.24) is 19.7 Å². The van der Waals surface area contributed by atoms with Gasteiger partial charge in [0.25, 0.3) is 0 Å². The van der Waals surface area contributed by atoms with Crippen LogP contribution in [0.4, 0.5) is 10.1 Å². The van der Waals surface area contributed by atoms with E-state index in [1.165, 1.54) is 23.9 Å². The van der Waals surface area contributed by atoms with E-state index in [4.69, 9.17) is 11.6 Å². The Morgan fingerprint density at radius 2 is 1.88 bits per heavy atom.